The third-order valence-electron chi connectivity index (χ3n) is 2.65. The number of nitrogen functional groups attached to an aromatic ring is 1. The predicted molar refractivity (Wildman–Crippen MR) is 61.1 cm³/mol. The van der Waals surface area contributed by atoms with Crippen LogP contribution in [-0.2, 0) is 0 Å². The van der Waals surface area contributed by atoms with Crippen LogP contribution in [0, 0.1) is 0 Å². The highest BCUT2D eigenvalue weighted by Crippen LogP contribution is 2.21. The molecule has 0 radical (unpaired) electrons. The number of imidazole rings is 1. The molecule has 0 saturated carbocycles. The molecule has 0 fully saturated rings. The number of fused-ring (bicyclic) bond motifs is 1. The minimum absolute atomic E-state index is 0.0419. The van der Waals surface area contributed by atoms with Crippen molar-refractivity contribution in [3.63, 3.8) is 0 Å². The van der Waals surface area contributed by atoms with E-state index in [1.807, 2.05) is 0 Å². The van der Waals surface area contributed by atoms with Crippen LogP contribution in [0.2, 0.25) is 0 Å². The van der Waals surface area contributed by atoms with E-state index in [1.165, 1.54) is 12.7 Å². The molecule has 1 unspecified atom stereocenters. The summed E-state index contributed by atoms with van der Waals surface area (Å²) < 4.78 is 14.6. The Labute approximate surface area is 97.3 Å². The second-order valence-electron chi connectivity index (χ2n) is 3.76. The maximum Gasteiger partial charge on any atom is 0.165 e. The number of nitrogens with zero attached hydrogens (tertiary/aromatic N) is 4. The van der Waals surface area contributed by atoms with Gasteiger partial charge in [0, 0.05) is 6.61 Å². The summed E-state index contributed by atoms with van der Waals surface area (Å²) in [6.45, 7) is -0.490. The number of hydrogen-bond donors (Lipinski definition) is 2. The largest absolute Gasteiger partial charge is 0.396 e. The van der Waals surface area contributed by atoms with Gasteiger partial charge in [0.05, 0.1) is 12.4 Å². The molecular formula is C10H14FN5O. The smallest absolute Gasteiger partial charge is 0.165 e. The first kappa shape index (κ1) is 11.7. The van der Waals surface area contributed by atoms with E-state index in [9.17, 15) is 4.39 Å². The van der Waals surface area contributed by atoms with Crippen LogP contribution in [0.3, 0.4) is 0 Å². The van der Waals surface area contributed by atoms with E-state index >= 15 is 0 Å². The third kappa shape index (κ3) is 2.19. The Balaban J connectivity index is 2.37. The topological polar surface area (TPSA) is 89.9 Å². The summed E-state index contributed by atoms with van der Waals surface area (Å²) >= 11 is 0. The van der Waals surface area contributed by atoms with E-state index in [0.29, 0.717) is 24.0 Å². The number of halogens is 1. The monoisotopic (exact) mass is 239 g/mol. The molecule has 0 bridgehead atoms. The lowest BCUT2D eigenvalue weighted by molar-refractivity contribution is 0.258. The van der Waals surface area contributed by atoms with Crippen LogP contribution >= 0.6 is 0 Å². The van der Waals surface area contributed by atoms with Gasteiger partial charge in [-0.05, 0) is 12.8 Å². The molecule has 0 amide bonds. The van der Waals surface area contributed by atoms with Gasteiger partial charge in [-0.2, -0.15) is 0 Å². The lowest BCUT2D eigenvalue weighted by atomic mass is 10.2. The zero-order chi connectivity index (χ0) is 12.3. The van der Waals surface area contributed by atoms with Crippen molar-refractivity contribution in [3.05, 3.63) is 12.7 Å². The normalized spacial score (nSPS) is 13.1. The van der Waals surface area contributed by atoms with Gasteiger partial charge in [-0.1, -0.05) is 0 Å². The predicted octanol–water partition coefficient (Wildman–Crippen LogP) is 0.692. The molecule has 1 atom stereocenters. The Morgan fingerprint density at radius 3 is 2.94 bits per heavy atom. The lowest BCUT2D eigenvalue weighted by Crippen LogP contribution is -2.11. The number of alkyl halides is 1. The van der Waals surface area contributed by atoms with Crippen molar-refractivity contribution in [2.75, 3.05) is 19.0 Å². The van der Waals surface area contributed by atoms with Crippen LogP contribution < -0.4 is 5.73 Å². The summed E-state index contributed by atoms with van der Waals surface area (Å²) in [6.07, 6.45) is 3.91. The van der Waals surface area contributed by atoms with Gasteiger partial charge in [-0.15, -0.1) is 0 Å². The number of aromatic nitrogens is 4. The fourth-order valence-corrected chi connectivity index (χ4v) is 1.75. The highest BCUT2D eigenvalue weighted by molar-refractivity contribution is 5.81. The molecule has 17 heavy (non-hydrogen) atoms. The zero-order valence-electron chi connectivity index (χ0n) is 9.25. The number of aliphatic hydroxyl groups excluding tert-OH is 1. The van der Waals surface area contributed by atoms with E-state index in [4.69, 9.17) is 10.8 Å². The van der Waals surface area contributed by atoms with Crippen LogP contribution in [0.1, 0.15) is 18.9 Å². The molecule has 0 spiro atoms. The number of anilines is 1. The van der Waals surface area contributed by atoms with Gasteiger partial charge >= 0.3 is 0 Å². The summed E-state index contributed by atoms with van der Waals surface area (Å²) in [7, 11) is 0. The van der Waals surface area contributed by atoms with Gasteiger partial charge in [0.15, 0.2) is 11.5 Å². The molecule has 0 aromatic carbocycles. The minimum Gasteiger partial charge on any atom is -0.396 e. The van der Waals surface area contributed by atoms with Crippen molar-refractivity contribution in [1.82, 2.24) is 19.5 Å². The van der Waals surface area contributed by atoms with E-state index in [0.717, 1.165) is 0 Å². The first-order valence-corrected chi connectivity index (χ1v) is 5.37. The molecule has 2 aromatic heterocycles. The van der Waals surface area contributed by atoms with E-state index < -0.39 is 6.67 Å². The SMILES string of the molecule is Nc1ncnc2c1ncn2C(CF)CCCO. The lowest BCUT2D eigenvalue weighted by Gasteiger charge is -2.14. The fraction of sp³-hybridized carbons (Fsp3) is 0.500. The van der Waals surface area contributed by atoms with Crippen LogP contribution in [0.4, 0.5) is 10.2 Å². The van der Waals surface area contributed by atoms with Gasteiger partial charge in [-0.25, -0.2) is 19.3 Å². The summed E-state index contributed by atoms with van der Waals surface area (Å²) in [6, 6.07) is -0.374. The second kappa shape index (κ2) is 5.05. The minimum atomic E-state index is -0.532. The van der Waals surface area contributed by atoms with Crippen LogP contribution in [0.25, 0.3) is 11.2 Å². The molecule has 0 aliphatic carbocycles. The van der Waals surface area contributed by atoms with Gasteiger partial charge in [0.25, 0.3) is 0 Å². The van der Waals surface area contributed by atoms with Crippen molar-refractivity contribution >= 4 is 17.0 Å². The van der Waals surface area contributed by atoms with Crippen LogP contribution in [-0.4, -0.2) is 37.9 Å². The van der Waals surface area contributed by atoms with E-state index in [2.05, 4.69) is 15.0 Å². The van der Waals surface area contributed by atoms with Crippen molar-refractivity contribution in [1.29, 1.82) is 0 Å². The van der Waals surface area contributed by atoms with Crippen molar-refractivity contribution in [2.24, 2.45) is 0 Å². The molecule has 2 rings (SSSR count). The van der Waals surface area contributed by atoms with Gasteiger partial charge in [-0.3, -0.25) is 0 Å². The molecule has 0 saturated heterocycles. The Kier molecular flexibility index (Phi) is 3.48. The molecule has 6 nitrogen and oxygen atoms in total. The molecule has 0 aliphatic heterocycles. The van der Waals surface area contributed by atoms with Gasteiger partial charge in [0.1, 0.15) is 18.5 Å². The molecule has 2 aromatic rings. The molecule has 92 valence electrons. The van der Waals surface area contributed by atoms with E-state index in [1.54, 1.807) is 4.57 Å². The quantitative estimate of drug-likeness (QED) is 0.801. The maximum absolute atomic E-state index is 13.0. The third-order valence-corrected chi connectivity index (χ3v) is 2.65. The average molecular weight is 239 g/mol. The number of hydrogen-bond acceptors (Lipinski definition) is 5. The highest BCUT2D eigenvalue weighted by Gasteiger charge is 2.15. The summed E-state index contributed by atoms with van der Waals surface area (Å²) in [4.78, 5) is 12.0. The number of aliphatic hydroxyl groups is 1. The number of rotatable bonds is 5. The first-order valence-electron chi connectivity index (χ1n) is 5.37. The molecule has 0 aliphatic rings. The Morgan fingerprint density at radius 1 is 1.41 bits per heavy atom. The second-order valence-corrected chi connectivity index (χ2v) is 3.76. The molecular weight excluding hydrogens is 225 g/mol. The Morgan fingerprint density at radius 2 is 2.24 bits per heavy atom. The van der Waals surface area contributed by atoms with E-state index in [-0.39, 0.29) is 18.5 Å². The molecule has 2 heterocycles. The maximum atomic E-state index is 13.0. The molecule has 3 N–H and O–H groups in total. The molecule has 7 heteroatoms. The van der Waals surface area contributed by atoms with Crippen LogP contribution in [0.15, 0.2) is 12.7 Å². The zero-order valence-corrected chi connectivity index (χ0v) is 9.25. The fourth-order valence-electron chi connectivity index (χ4n) is 1.75. The average Bonchev–Trinajstić information content (AvgIpc) is 2.76. The summed E-state index contributed by atoms with van der Waals surface area (Å²) in [5.41, 5.74) is 6.66. The van der Waals surface area contributed by atoms with Gasteiger partial charge < -0.3 is 15.4 Å². The van der Waals surface area contributed by atoms with Crippen molar-refractivity contribution in [3.8, 4) is 0 Å². The summed E-state index contributed by atoms with van der Waals surface area (Å²) in [5.74, 6) is 0.286. The Bertz CT molecular complexity index is 500. The number of nitrogens with two attached hydrogens (primary N) is 1. The van der Waals surface area contributed by atoms with Crippen LogP contribution in [0.5, 0.6) is 0 Å². The highest BCUT2D eigenvalue weighted by atomic mass is 19.1. The van der Waals surface area contributed by atoms with Crippen molar-refractivity contribution in [2.45, 2.75) is 18.9 Å². The van der Waals surface area contributed by atoms with Crippen molar-refractivity contribution < 1.29 is 9.50 Å². The van der Waals surface area contributed by atoms with Gasteiger partial charge in [0.2, 0.25) is 0 Å². The standard InChI is InChI=1S/C10H14FN5O/c11-4-7(2-1-3-17)16-6-15-8-9(12)13-5-14-10(8)16/h5-7,17H,1-4H2,(H2,12,13,14). The summed E-state index contributed by atoms with van der Waals surface area (Å²) in [5, 5.41) is 8.77. The first-order chi connectivity index (χ1) is 8.27. The Hall–Kier alpha value is -1.76.